The lowest BCUT2D eigenvalue weighted by Crippen LogP contribution is -2.99. The van der Waals surface area contributed by atoms with Gasteiger partial charge >= 0.3 is 0 Å². The highest BCUT2D eigenvalue weighted by molar-refractivity contribution is 6.14. The van der Waals surface area contributed by atoms with Gasteiger partial charge in [0, 0.05) is 24.0 Å². The summed E-state index contributed by atoms with van der Waals surface area (Å²) >= 11 is 0. The number of methoxy groups -OCH3 is 1. The van der Waals surface area contributed by atoms with Crippen molar-refractivity contribution in [3.63, 3.8) is 0 Å². The number of nitrogens with zero attached hydrogens (tertiary/aromatic N) is 1. The molecule has 2 aromatic carbocycles. The lowest BCUT2D eigenvalue weighted by molar-refractivity contribution is -0.734. The summed E-state index contributed by atoms with van der Waals surface area (Å²) in [4.78, 5) is 53.8. The molecule has 2 saturated heterocycles. The zero-order valence-electron chi connectivity index (χ0n) is 19.0. The molecule has 4 atom stereocenters. The normalized spacial score (nSPS) is 27.2. The number of amides is 4. The number of benzene rings is 2. The number of hydrogen-bond donors (Lipinski definition) is 3. The first-order chi connectivity index (χ1) is 16.3. The largest absolute Gasteiger partial charge is 0.496 e. The molecule has 0 saturated carbocycles. The molecular weight excluding hydrogens is 436 g/mol. The monoisotopic (exact) mass is 463 g/mol. The van der Waals surface area contributed by atoms with E-state index in [9.17, 15) is 19.2 Å². The molecule has 9 heteroatoms. The highest BCUT2D eigenvalue weighted by Crippen LogP contribution is 2.50. The van der Waals surface area contributed by atoms with Gasteiger partial charge < -0.3 is 21.1 Å². The number of para-hydroxylation sites is 2. The number of carbonyl (C=O) groups excluding carboxylic acids is 4. The second-order valence-corrected chi connectivity index (χ2v) is 9.23. The number of rotatable bonds is 6. The maximum atomic E-state index is 13.9. The van der Waals surface area contributed by atoms with Crippen LogP contribution in [-0.4, -0.2) is 41.7 Å². The highest BCUT2D eigenvalue weighted by Gasteiger charge is 2.74. The number of carbonyl (C=O) groups is 4. The summed E-state index contributed by atoms with van der Waals surface area (Å²) in [5, 5.41) is 4.77. The average Bonchev–Trinajstić information content (AvgIpc) is 3.40. The molecule has 9 nitrogen and oxygen atoms in total. The van der Waals surface area contributed by atoms with Crippen molar-refractivity contribution in [2.75, 3.05) is 12.4 Å². The molecule has 0 aromatic heterocycles. The lowest BCUT2D eigenvalue weighted by atomic mass is 9.76. The van der Waals surface area contributed by atoms with E-state index in [2.05, 4.69) is 5.32 Å². The lowest BCUT2D eigenvalue weighted by Gasteiger charge is -2.26. The minimum absolute atomic E-state index is 0.0512. The molecule has 0 radical (unpaired) electrons. The van der Waals surface area contributed by atoms with Gasteiger partial charge in [-0.2, -0.15) is 0 Å². The Morgan fingerprint density at radius 2 is 1.91 bits per heavy atom. The van der Waals surface area contributed by atoms with Crippen LogP contribution in [-0.2, 0) is 31.3 Å². The van der Waals surface area contributed by atoms with Crippen molar-refractivity contribution in [1.29, 1.82) is 0 Å². The standard InChI is InChI=1S/C25H26N4O5/c1-13-6-5-8-15-21(13)27-24(33)25(15)20-19(16(28-25)10-11-18(26)30)22(31)29(23(20)32)12-14-7-3-4-9-17(14)34-2/h3-9,16,19-20,28H,10-12H2,1-2H3,(H2,26,30)(H,27,33)/p+1/t16-,19-,20+,25+/m1/s1. The molecule has 1 spiro atoms. The van der Waals surface area contributed by atoms with E-state index < -0.39 is 29.3 Å². The Balaban J connectivity index is 1.59. The number of hydrogen-bond acceptors (Lipinski definition) is 5. The van der Waals surface area contributed by atoms with Crippen molar-refractivity contribution >= 4 is 29.3 Å². The number of ether oxygens (including phenoxy) is 1. The van der Waals surface area contributed by atoms with Gasteiger partial charge in [-0.1, -0.05) is 36.4 Å². The van der Waals surface area contributed by atoms with Gasteiger partial charge in [0.25, 0.3) is 5.91 Å². The van der Waals surface area contributed by atoms with Gasteiger partial charge in [0.15, 0.2) is 0 Å². The third-order valence-electron chi connectivity index (χ3n) is 7.45. The molecule has 3 aliphatic rings. The van der Waals surface area contributed by atoms with Gasteiger partial charge in [0.2, 0.25) is 23.3 Å². The van der Waals surface area contributed by atoms with E-state index in [1.54, 1.807) is 12.1 Å². The fourth-order valence-electron chi connectivity index (χ4n) is 5.93. The van der Waals surface area contributed by atoms with Crippen LogP contribution in [0.1, 0.15) is 29.5 Å². The van der Waals surface area contributed by atoms with Crippen LogP contribution in [0.4, 0.5) is 5.69 Å². The third kappa shape index (κ3) is 3.03. The fourth-order valence-corrected chi connectivity index (χ4v) is 5.93. The summed E-state index contributed by atoms with van der Waals surface area (Å²) in [6.45, 7) is 1.94. The van der Waals surface area contributed by atoms with Crippen molar-refractivity contribution in [3.05, 3.63) is 59.2 Å². The average molecular weight is 464 g/mol. The zero-order valence-corrected chi connectivity index (χ0v) is 19.0. The number of anilines is 1. The van der Waals surface area contributed by atoms with E-state index in [4.69, 9.17) is 10.5 Å². The van der Waals surface area contributed by atoms with Crippen LogP contribution in [0.5, 0.6) is 5.75 Å². The van der Waals surface area contributed by atoms with E-state index in [-0.39, 0.29) is 30.7 Å². The predicted molar refractivity (Wildman–Crippen MR) is 121 cm³/mol. The van der Waals surface area contributed by atoms with Crippen LogP contribution in [0.2, 0.25) is 0 Å². The van der Waals surface area contributed by atoms with Crippen molar-refractivity contribution in [2.24, 2.45) is 17.6 Å². The molecular formula is C25H27N4O5+. The molecule has 2 aromatic rings. The molecule has 0 bridgehead atoms. The van der Waals surface area contributed by atoms with E-state index >= 15 is 0 Å². The van der Waals surface area contributed by atoms with Gasteiger partial charge in [-0.05, 0) is 18.6 Å². The Kier molecular flexibility index (Phi) is 5.16. The maximum absolute atomic E-state index is 13.9. The number of quaternary nitrogens is 1. The second-order valence-electron chi connectivity index (χ2n) is 9.23. The van der Waals surface area contributed by atoms with E-state index in [0.717, 1.165) is 5.56 Å². The van der Waals surface area contributed by atoms with Crippen LogP contribution in [0.25, 0.3) is 0 Å². The SMILES string of the molecule is COc1ccccc1CN1C(=O)[C@H]2[C@@H](C1=O)[C@]1([NH2+][C@@H]2CCC(N)=O)C(=O)Nc2c(C)cccc21. The first kappa shape index (κ1) is 22.1. The summed E-state index contributed by atoms with van der Waals surface area (Å²) < 4.78 is 5.41. The van der Waals surface area contributed by atoms with Crippen LogP contribution in [0.3, 0.4) is 0 Å². The van der Waals surface area contributed by atoms with E-state index in [1.165, 1.54) is 12.0 Å². The van der Waals surface area contributed by atoms with E-state index in [1.807, 2.05) is 42.6 Å². The first-order valence-corrected chi connectivity index (χ1v) is 11.3. The molecule has 5 N–H and O–H groups in total. The van der Waals surface area contributed by atoms with Crippen molar-refractivity contribution < 1.29 is 29.2 Å². The number of likely N-dealkylation sites (tertiary alicyclic amines) is 1. The Morgan fingerprint density at radius 1 is 1.15 bits per heavy atom. The van der Waals surface area contributed by atoms with Gasteiger partial charge in [0.1, 0.15) is 23.6 Å². The molecule has 34 heavy (non-hydrogen) atoms. The summed E-state index contributed by atoms with van der Waals surface area (Å²) in [6.07, 6.45) is 0.366. The quantitative estimate of drug-likeness (QED) is 0.525. The topological polar surface area (TPSA) is 135 Å². The Hall–Kier alpha value is -3.72. The summed E-state index contributed by atoms with van der Waals surface area (Å²) in [5.41, 5.74) is 7.09. The van der Waals surface area contributed by atoms with Crippen molar-refractivity contribution in [1.82, 2.24) is 4.90 Å². The van der Waals surface area contributed by atoms with Gasteiger partial charge in [0.05, 0.1) is 19.3 Å². The predicted octanol–water partition coefficient (Wildman–Crippen LogP) is 0.164. The first-order valence-electron chi connectivity index (χ1n) is 11.3. The van der Waals surface area contributed by atoms with Crippen LogP contribution in [0.15, 0.2) is 42.5 Å². The highest BCUT2D eigenvalue weighted by atomic mass is 16.5. The molecule has 0 unspecified atom stereocenters. The second kappa shape index (κ2) is 7.95. The number of nitrogens with one attached hydrogen (secondary N) is 1. The molecule has 2 fully saturated rings. The minimum Gasteiger partial charge on any atom is -0.496 e. The van der Waals surface area contributed by atoms with E-state index in [0.29, 0.717) is 29.0 Å². The summed E-state index contributed by atoms with van der Waals surface area (Å²) in [6, 6.07) is 12.4. The van der Waals surface area contributed by atoms with Crippen molar-refractivity contribution in [2.45, 2.75) is 37.9 Å². The number of imide groups is 1. The van der Waals surface area contributed by atoms with Crippen molar-refractivity contribution in [3.8, 4) is 5.75 Å². The third-order valence-corrected chi connectivity index (χ3v) is 7.45. The molecule has 176 valence electrons. The van der Waals surface area contributed by atoms with Gasteiger partial charge in [-0.15, -0.1) is 0 Å². The molecule has 3 aliphatic heterocycles. The minimum atomic E-state index is -1.27. The molecule has 0 aliphatic carbocycles. The van der Waals surface area contributed by atoms with Gasteiger partial charge in [-0.3, -0.25) is 24.1 Å². The number of primary amides is 1. The zero-order chi connectivity index (χ0) is 24.2. The Labute approximate surface area is 196 Å². The number of nitrogens with two attached hydrogens (primary N) is 2. The summed E-state index contributed by atoms with van der Waals surface area (Å²) in [7, 11) is 1.53. The van der Waals surface area contributed by atoms with Gasteiger partial charge in [-0.25, -0.2) is 0 Å². The molecule has 4 amide bonds. The maximum Gasteiger partial charge on any atom is 0.291 e. The smallest absolute Gasteiger partial charge is 0.291 e. The van der Waals surface area contributed by atoms with Crippen LogP contribution in [0, 0.1) is 18.8 Å². The number of fused-ring (bicyclic) bond motifs is 4. The van der Waals surface area contributed by atoms with Crippen LogP contribution < -0.4 is 21.1 Å². The molecule has 5 rings (SSSR count). The summed E-state index contributed by atoms with van der Waals surface area (Å²) in [5.74, 6) is -2.56. The fraction of sp³-hybridized carbons (Fsp3) is 0.360. The molecule has 3 heterocycles. The van der Waals surface area contributed by atoms with Crippen LogP contribution >= 0.6 is 0 Å². The Bertz CT molecular complexity index is 1230. The Morgan fingerprint density at radius 3 is 2.65 bits per heavy atom. The number of aryl methyl sites for hydroxylation is 1.